The average Bonchev–Trinajstić information content (AvgIpc) is 2.82. The van der Waals surface area contributed by atoms with E-state index >= 15 is 0 Å². The number of piperidine rings is 1. The SMILES string of the molecule is COCCNCC1CCN(Cc2nnn(C)n2)CC1. The average molecular weight is 268 g/mol. The molecule has 1 aliphatic rings. The first kappa shape index (κ1) is 14.4. The number of methoxy groups -OCH3 is 1. The number of aromatic nitrogens is 4. The Bertz CT molecular complexity index is 361. The lowest BCUT2D eigenvalue weighted by Crippen LogP contribution is -2.37. The van der Waals surface area contributed by atoms with E-state index in [2.05, 4.69) is 25.6 Å². The first-order valence-corrected chi connectivity index (χ1v) is 6.93. The molecule has 0 amide bonds. The van der Waals surface area contributed by atoms with Gasteiger partial charge in [-0.1, -0.05) is 0 Å². The third-order valence-corrected chi connectivity index (χ3v) is 3.54. The molecule has 0 spiro atoms. The van der Waals surface area contributed by atoms with Gasteiger partial charge in [-0.05, 0) is 43.6 Å². The largest absolute Gasteiger partial charge is 0.383 e. The topological polar surface area (TPSA) is 68.1 Å². The minimum atomic E-state index is 0.780. The van der Waals surface area contributed by atoms with Crippen LogP contribution in [0.5, 0.6) is 0 Å². The molecule has 1 N–H and O–H groups in total. The van der Waals surface area contributed by atoms with Gasteiger partial charge in [-0.15, -0.1) is 10.2 Å². The Morgan fingerprint density at radius 3 is 2.79 bits per heavy atom. The van der Waals surface area contributed by atoms with E-state index in [1.54, 1.807) is 14.2 Å². The van der Waals surface area contributed by atoms with Crippen molar-refractivity contribution in [3.63, 3.8) is 0 Å². The first-order chi connectivity index (χ1) is 9.28. The summed E-state index contributed by atoms with van der Waals surface area (Å²) in [4.78, 5) is 3.92. The molecule has 2 rings (SSSR count). The second-order valence-corrected chi connectivity index (χ2v) is 5.11. The number of nitrogens with zero attached hydrogens (tertiary/aromatic N) is 5. The third-order valence-electron chi connectivity index (χ3n) is 3.54. The van der Waals surface area contributed by atoms with Crippen LogP contribution in [0.15, 0.2) is 0 Å². The summed E-state index contributed by atoms with van der Waals surface area (Å²) in [5, 5.41) is 15.6. The van der Waals surface area contributed by atoms with E-state index in [4.69, 9.17) is 4.74 Å². The van der Waals surface area contributed by atoms with E-state index in [9.17, 15) is 0 Å². The maximum Gasteiger partial charge on any atom is 0.188 e. The van der Waals surface area contributed by atoms with Crippen LogP contribution in [0, 0.1) is 5.92 Å². The molecule has 0 bridgehead atoms. The summed E-state index contributed by atoms with van der Waals surface area (Å²) < 4.78 is 5.02. The number of hydrogen-bond donors (Lipinski definition) is 1. The summed E-state index contributed by atoms with van der Waals surface area (Å²) in [6, 6.07) is 0. The molecule has 19 heavy (non-hydrogen) atoms. The molecular formula is C12H24N6O. The number of hydrogen-bond acceptors (Lipinski definition) is 6. The normalized spacial score (nSPS) is 18.0. The third kappa shape index (κ3) is 4.85. The van der Waals surface area contributed by atoms with Crippen molar-refractivity contribution in [1.29, 1.82) is 0 Å². The molecule has 1 aromatic heterocycles. The molecule has 108 valence electrons. The molecule has 1 aromatic rings. The molecule has 1 aliphatic heterocycles. The molecule has 7 nitrogen and oxygen atoms in total. The van der Waals surface area contributed by atoms with Crippen molar-refractivity contribution in [2.24, 2.45) is 13.0 Å². The summed E-state index contributed by atoms with van der Waals surface area (Å²) >= 11 is 0. The summed E-state index contributed by atoms with van der Waals surface area (Å²) in [5.41, 5.74) is 0. The molecule has 0 saturated carbocycles. The van der Waals surface area contributed by atoms with Crippen molar-refractivity contribution < 1.29 is 4.74 Å². The van der Waals surface area contributed by atoms with Crippen LogP contribution >= 0.6 is 0 Å². The van der Waals surface area contributed by atoms with Crippen molar-refractivity contribution in [1.82, 2.24) is 30.4 Å². The van der Waals surface area contributed by atoms with Crippen molar-refractivity contribution >= 4 is 0 Å². The molecule has 0 radical (unpaired) electrons. The number of ether oxygens (including phenoxy) is 1. The molecule has 0 unspecified atom stereocenters. The van der Waals surface area contributed by atoms with Crippen LogP contribution in [0.1, 0.15) is 18.7 Å². The van der Waals surface area contributed by atoms with Gasteiger partial charge in [-0.25, -0.2) is 0 Å². The van der Waals surface area contributed by atoms with E-state index in [-0.39, 0.29) is 0 Å². The Hall–Kier alpha value is -1.05. The Kier molecular flexibility index (Phi) is 5.68. The van der Waals surface area contributed by atoms with Crippen LogP contribution in [-0.4, -0.2) is 65.0 Å². The molecule has 0 aromatic carbocycles. The van der Waals surface area contributed by atoms with Crippen LogP contribution in [0.25, 0.3) is 0 Å². The maximum absolute atomic E-state index is 5.02. The van der Waals surface area contributed by atoms with Gasteiger partial charge in [0, 0.05) is 13.7 Å². The summed E-state index contributed by atoms with van der Waals surface area (Å²) in [7, 11) is 3.54. The summed E-state index contributed by atoms with van der Waals surface area (Å²) in [6.45, 7) is 5.89. The molecule has 7 heteroatoms. The lowest BCUT2D eigenvalue weighted by atomic mass is 9.97. The van der Waals surface area contributed by atoms with Crippen LogP contribution in [0.2, 0.25) is 0 Å². The van der Waals surface area contributed by atoms with Crippen molar-refractivity contribution in [3.05, 3.63) is 5.82 Å². The Morgan fingerprint density at radius 1 is 1.37 bits per heavy atom. The fraction of sp³-hybridized carbons (Fsp3) is 0.917. The fourth-order valence-electron chi connectivity index (χ4n) is 2.42. The van der Waals surface area contributed by atoms with Gasteiger partial charge in [-0.2, -0.15) is 4.80 Å². The Balaban J connectivity index is 1.62. The number of aryl methyl sites for hydroxylation is 1. The van der Waals surface area contributed by atoms with Crippen LogP contribution in [0.4, 0.5) is 0 Å². The van der Waals surface area contributed by atoms with Gasteiger partial charge in [0.2, 0.25) is 0 Å². The highest BCUT2D eigenvalue weighted by Gasteiger charge is 2.19. The summed E-state index contributed by atoms with van der Waals surface area (Å²) in [6.07, 6.45) is 2.47. The highest BCUT2D eigenvalue weighted by Crippen LogP contribution is 2.17. The fourth-order valence-corrected chi connectivity index (χ4v) is 2.42. The highest BCUT2D eigenvalue weighted by molar-refractivity contribution is 4.81. The lowest BCUT2D eigenvalue weighted by Gasteiger charge is -2.31. The quantitative estimate of drug-likeness (QED) is 0.682. The molecule has 1 saturated heterocycles. The monoisotopic (exact) mass is 268 g/mol. The second kappa shape index (κ2) is 7.52. The van der Waals surface area contributed by atoms with E-state index in [1.807, 2.05) is 0 Å². The van der Waals surface area contributed by atoms with Crippen LogP contribution in [0.3, 0.4) is 0 Å². The number of tetrazole rings is 1. The first-order valence-electron chi connectivity index (χ1n) is 6.93. The van der Waals surface area contributed by atoms with Gasteiger partial charge in [0.05, 0.1) is 20.2 Å². The maximum atomic E-state index is 5.02. The molecular weight excluding hydrogens is 244 g/mol. The number of likely N-dealkylation sites (tertiary alicyclic amines) is 1. The van der Waals surface area contributed by atoms with E-state index in [1.165, 1.54) is 17.6 Å². The van der Waals surface area contributed by atoms with Crippen molar-refractivity contribution in [2.45, 2.75) is 19.4 Å². The van der Waals surface area contributed by atoms with E-state index in [0.29, 0.717) is 0 Å². The minimum absolute atomic E-state index is 0.780. The zero-order chi connectivity index (χ0) is 13.5. The number of nitrogens with one attached hydrogen (secondary N) is 1. The van der Waals surface area contributed by atoms with Gasteiger partial charge in [0.25, 0.3) is 0 Å². The molecule has 2 heterocycles. The van der Waals surface area contributed by atoms with Crippen LogP contribution < -0.4 is 5.32 Å². The second-order valence-electron chi connectivity index (χ2n) is 5.11. The van der Waals surface area contributed by atoms with Gasteiger partial charge in [0.15, 0.2) is 5.82 Å². The smallest absolute Gasteiger partial charge is 0.188 e. The lowest BCUT2D eigenvalue weighted by molar-refractivity contribution is 0.165. The predicted octanol–water partition coefficient (Wildman–Crippen LogP) is -0.342. The number of rotatable bonds is 7. The Labute approximate surface area is 114 Å². The zero-order valence-electron chi connectivity index (χ0n) is 11.9. The summed E-state index contributed by atoms with van der Waals surface area (Å²) in [5.74, 6) is 1.60. The van der Waals surface area contributed by atoms with Gasteiger partial charge >= 0.3 is 0 Å². The van der Waals surface area contributed by atoms with E-state index < -0.39 is 0 Å². The molecule has 0 aliphatic carbocycles. The van der Waals surface area contributed by atoms with Gasteiger partial charge in [-0.3, -0.25) is 4.90 Å². The zero-order valence-corrected chi connectivity index (χ0v) is 11.9. The standard InChI is InChI=1S/C12H24N6O/c1-17-15-12(14-16-17)10-18-6-3-11(4-7-18)9-13-5-8-19-2/h11,13H,3-10H2,1-2H3. The van der Waals surface area contributed by atoms with Gasteiger partial charge in [0.1, 0.15) is 0 Å². The van der Waals surface area contributed by atoms with Crippen LogP contribution in [-0.2, 0) is 18.3 Å². The molecule has 0 atom stereocenters. The van der Waals surface area contributed by atoms with Crippen molar-refractivity contribution in [3.8, 4) is 0 Å². The Morgan fingerprint density at radius 2 is 2.16 bits per heavy atom. The highest BCUT2D eigenvalue weighted by atomic mass is 16.5. The van der Waals surface area contributed by atoms with Gasteiger partial charge < -0.3 is 10.1 Å². The van der Waals surface area contributed by atoms with Crippen molar-refractivity contribution in [2.75, 3.05) is 39.9 Å². The predicted molar refractivity (Wildman–Crippen MR) is 71.5 cm³/mol. The molecule has 1 fully saturated rings. The van der Waals surface area contributed by atoms with E-state index in [0.717, 1.165) is 51.1 Å². The minimum Gasteiger partial charge on any atom is -0.383 e.